The lowest BCUT2D eigenvalue weighted by atomic mass is 10.1. The number of carbonyl (C=O) groups excluding carboxylic acids is 2. The van der Waals surface area contributed by atoms with E-state index in [9.17, 15) is 24.1 Å². The number of anilines is 1. The van der Waals surface area contributed by atoms with Crippen LogP contribution in [0, 0.1) is 15.9 Å². The molecule has 0 aromatic heterocycles. The molecule has 0 bridgehead atoms. The van der Waals surface area contributed by atoms with Crippen molar-refractivity contribution in [2.24, 2.45) is 0 Å². The van der Waals surface area contributed by atoms with Crippen molar-refractivity contribution in [1.82, 2.24) is 5.32 Å². The minimum atomic E-state index is -0.660. The number of halogens is 2. The molecule has 158 valence electrons. The van der Waals surface area contributed by atoms with E-state index in [1.807, 2.05) is 0 Å². The molecule has 31 heavy (non-hydrogen) atoms. The summed E-state index contributed by atoms with van der Waals surface area (Å²) in [7, 11) is 1.44. The predicted octanol–water partition coefficient (Wildman–Crippen LogP) is 5.15. The van der Waals surface area contributed by atoms with Crippen LogP contribution in [0.4, 0.5) is 15.8 Å². The van der Waals surface area contributed by atoms with Gasteiger partial charge in [0.15, 0.2) is 0 Å². The van der Waals surface area contributed by atoms with E-state index in [0.717, 1.165) is 17.8 Å². The van der Waals surface area contributed by atoms with E-state index in [4.69, 9.17) is 11.6 Å². The lowest BCUT2D eigenvalue weighted by Gasteiger charge is -2.12. The molecule has 7 nitrogen and oxygen atoms in total. The van der Waals surface area contributed by atoms with E-state index >= 15 is 0 Å². The Morgan fingerprint density at radius 1 is 1.00 bits per heavy atom. The van der Waals surface area contributed by atoms with Gasteiger partial charge in [-0.1, -0.05) is 35.5 Å². The molecule has 0 atom stereocenters. The van der Waals surface area contributed by atoms with Crippen LogP contribution in [-0.2, 0) is 0 Å². The van der Waals surface area contributed by atoms with Crippen LogP contribution in [-0.4, -0.2) is 23.8 Å². The summed E-state index contributed by atoms with van der Waals surface area (Å²) in [5.41, 5.74) is 0.118. The van der Waals surface area contributed by atoms with Gasteiger partial charge >= 0.3 is 0 Å². The van der Waals surface area contributed by atoms with Crippen molar-refractivity contribution in [3.8, 4) is 0 Å². The van der Waals surface area contributed by atoms with Crippen LogP contribution in [0.5, 0.6) is 0 Å². The molecule has 2 amide bonds. The smallest absolute Gasteiger partial charge is 0.270 e. The van der Waals surface area contributed by atoms with Crippen molar-refractivity contribution in [3.63, 3.8) is 0 Å². The van der Waals surface area contributed by atoms with Crippen molar-refractivity contribution in [2.45, 2.75) is 9.79 Å². The summed E-state index contributed by atoms with van der Waals surface area (Å²) in [6.07, 6.45) is 0. The Kier molecular flexibility index (Phi) is 6.88. The maximum Gasteiger partial charge on any atom is 0.270 e. The molecule has 3 aromatic carbocycles. The average molecular weight is 460 g/mol. The SMILES string of the molecule is CNC(=O)c1cc(NC(=O)c2cc([N+](=O)[O-])ccc2Sc2ccccc2F)ccc1Cl. The van der Waals surface area contributed by atoms with Gasteiger partial charge in [0.25, 0.3) is 17.5 Å². The number of non-ortho nitro benzene ring substituents is 1. The Morgan fingerprint density at radius 2 is 1.74 bits per heavy atom. The van der Waals surface area contributed by atoms with E-state index in [2.05, 4.69) is 10.6 Å². The van der Waals surface area contributed by atoms with Gasteiger partial charge < -0.3 is 10.6 Å². The molecule has 3 aromatic rings. The van der Waals surface area contributed by atoms with Crippen molar-refractivity contribution in [2.75, 3.05) is 12.4 Å². The molecule has 0 heterocycles. The van der Waals surface area contributed by atoms with E-state index in [1.165, 1.54) is 55.6 Å². The lowest BCUT2D eigenvalue weighted by molar-refractivity contribution is -0.384. The monoisotopic (exact) mass is 459 g/mol. The molecule has 0 fully saturated rings. The van der Waals surface area contributed by atoms with E-state index in [1.54, 1.807) is 6.07 Å². The summed E-state index contributed by atoms with van der Waals surface area (Å²) < 4.78 is 14.1. The number of nitrogens with zero attached hydrogens (tertiary/aromatic N) is 1. The maximum absolute atomic E-state index is 14.1. The molecule has 0 saturated heterocycles. The normalized spacial score (nSPS) is 10.4. The Balaban J connectivity index is 1.97. The van der Waals surface area contributed by atoms with Crippen molar-refractivity contribution in [3.05, 3.63) is 92.7 Å². The van der Waals surface area contributed by atoms with Crippen molar-refractivity contribution >= 4 is 46.6 Å². The van der Waals surface area contributed by atoms with Crippen molar-refractivity contribution < 1.29 is 18.9 Å². The predicted molar refractivity (Wildman–Crippen MR) is 116 cm³/mol. The number of hydrogen-bond donors (Lipinski definition) is 2. The fourth-order valence-electron chi connectivity index (χ4n) is 2.65. The molecule has 0 aliphatic rings. The van der Waals surface area contributed by atoms with E-state index in [-0.39, 0.29) is 32.4 Å². The largest absolute Gasteiger partial charge is 0.355 e. The molecule has 0 aliphatic carbocycles. The highest BCUT2D eigenvalue weighted by atomic mass is 35.5. The van der Waals surface area contributed by atoms with Crippen LogP contribution in [0.1, 0.15) is 20.7 Å². The van der Waals surface area contributed by atoms with Crippen LogP contribution >= 0.6 is 23.4 Å². The van der Waals surface area contributed by atoms with Crippen LogP contribution < -0.4 is 10.6 Å². The number of carbonyl (C=O) groups is 2. The van der Waals surface area contributed by atoms with E-state index in [0.29, 0.717) is 4.90 Å². The topological polar surface area (TPSA) is 101 Å². The Morgan fingerprint density at radius 3 is 2.42 bits per heavy atom. The first-order valence-corrected chi connectivity index (χ1v) is 10.0. The minimum absolute atomic E-state index is 0.0149. The number of amides is 2. The number of hydrogen-bond acceptors (Lipinski definition) is 5. The van der Waals surface area contributed by atoms with Crippen LogP contribution in [0.15, 0.2) is 70.5 Å². The second-order valence-corrected chi connectivity index (χ2v) is 7.69. The van der Waals surface area contributed by atoms with Crippen molar-refractivity contribution in [1.29, 1.82) is 0 Å². The number of nitro groups is 1. The van der Waals surface area contributed by atoms with Crippen LogP contribution in [0.25, 0.3) is 0 Å². The Labute approximate surface area is 185 Å². The first-order valence-electron chi connectivity index (χ1n) is 8.84. The highest BCUT2D eigenvalue weighted by Gasteiger charge is 2.19. The summed E-state index contributed by atoms with van der Waals surface area (Å²) in [6, 6.07) is 14.1. The molecule has 0 saturated carbocycles. The second-order valence-electron chi connectivity index (χ2n) is 6.20. The zero-order chi connectivity index (χ0) is 22.5. The van der Waals surface area contributed by atoms with Gasteiger partial charge in [0.05, 0.1) is 21.1 Å². The quantitative estimate of drug-likeness (QED) is 0.392. The van der Waals surface area contributed by atoms with Gasteiger partial charge in [-0.2, -0.15) is 0 Å². The van der Waals surface area contributed by atoms with Gasteiger partial charge in [-0.15, -0.1) is 0 Å². The summed E-state index contributed by atoms with van der Waals surface area (Å²) in [6.45, 7) is 0. The Bertz CT molecular complexity index is 1190. The summed E-state index contributed by atoms with van der Waals surface area (Å²) in [5, 5.41) is 16.4. The fourth-order valence-corrected chi connectivity index (χ4v) is 3.80. The zero-order valence-corrected chi connectivity index (χ0v) is 17.6. The standard InChI is InChI=1S/C21H15ClFN3O4S/c1-24-20(27)14-10-12(6-8-16(14)22)25-21(28)15-11-13(26(29)30)7-9-18(15)31-19-5-3-2-4-17(19)23/h2-11H,1H3,(H,24,27)(H,25,28). The first kappa shape index (κ1) is 22.3. The second kappa shape index (κ2) is 9.59. The van der Waals surface area contributed by atoms with Gasteiger partial charge in [0.1, 0.15) is 5.82 Å². The van der Waals surface area contributed by atoms with Gasteiger partial charge in [-0.05, 0) is 36.4 Å². The lowest BCUT2D eigenvalue weighted by Crippen LogP contribution is -2.19. The molecule has 2 N–H and O–H groups in total. The number of nitro benzene ring substituents is 1. The third kappa shape index (κ3) is 5.19. The molecule has 0 radical (unpaired) electrons. The molecule has 3 rings (SSSR count). The molecule has 0 aliphatic heterocycles. The third-order valence-electron chi connectivity index (χ3n) is 4.17. The minimum Gasteiger partial charge on any atom is -0.355 e. The first-order chi connectivity index (χ1) is 14.8. The van der Waals surface area contributed by atoms with E-state index < -0.39 is 22.6 Å². The summed E-state index contributed by atoms with van der Waals surface area (Å²) >= 11 is 6.99. The molecular formula is C21H15ClFN3O4S. The van der Waals surface area contributed by atoms with Crippen LogP contribution in [0.3, 0.4) is 0 Å². The number of rotatable bonds is 6. The average Bonchev–Trinajstić information content (AvgIpc) is 2.76. The van der Waals surface area contributed by atoms with Crippen LogP contribution in [0.2, 0.25) is 5.02 Å². The van der Waals surface area contributed by atoms with Gasteiger partial charge in [-0.25, -0.2) is 4.39 Å². The molecule has 0 spiro atoms. The highest BCUT2D eigenvalue weighted by Crippen LogP contribution is 2.34. The molecule has 10 heteroatoms. The number of benzene rings is 3. The third-order valence-corrected chi connectivity index (χ3v) is 5.63. The fraction of sp³-hybridized carbons (Fsp3) is 0.0476. The molecular weight excluding hydrogens is 445 g/mol. The van der Waals surface area contributed by atoms with Gasteiger partial charge in [0.2, 0.25) is 0 Å². The summed E-state index contributed by atoms with van der Waals surface area (Å²) in [4.78, 5) is 36.0. The van der Waals surface area contributed by atoms with Gasteiger partial charge in [-0.3, -0.25) is 19.7 Å². The maximum atomic E-state index is 14.1. The zero-order valence-electron chi connectivity index (χ0n) is 16.0. The Hall–Kier alpha value is -3.43. The molecule has 0 unspecified atom stereocenters. The summed E-state index contributed by atoms with van der Waals surface area (Å²) in [5.74, 6) is -1.58. The number of nitrogens with one attached hydrogen (secondary N) is 2. The van der Waals surface area contributed by atoms with Gasteiger partial charge in [0, 0.05) is 34.7 Å². The highest BCUT2D eigenvalue weighted by molar-refractivity contribution is 7.99.